The number of hydrogen-bond donors (Lipinski definition) is 0. The molecule has 2 heteroatoms. The van der Waals surface area contributed by atoms with Crippen LogP contribution < -0.4 is 0 Å². The fourth-order valence-electron chi connectivity index (χ4n) is 3.04. The molecule has 0 saturated heterocycles. The topological polar surface area (TPSA) is 25.8 Å². The molecule has 0 bridgehead atoms. The van der Waals surface area contributed by atoms with Gasteiger partial charge in [0.25, 0.3) is 0 Å². The van der Waals surface area contributed by atoms with Gasteiger partial charge in [0, 0.05) is 34.9 Å². The molecule has 2 aromatic heterocycles. The van der Waals surface area contributed by atoms with E-state index >= 15 is 0 Å². The summed E-state index contributed by atoms with van der Waals surface area (Å²) in [6.45, 7) is 4.26. The molecule has 0 radical (unpaired) electrons. The van der Waals surface area contributed by atoms with Gasteiger partial charge in [-0.15, -0.1) is 0 Å². The van der Waals surface area contributed by atoms with E-state index in [4.69, 9.17) is 4.98 Å². The number of rotatable bonds is 1. The molecule has 0 spiro atoms. The Kier molecular flexibility index (Phi) is 2.90. The van der Waals surface area contributed by atoms with Gasteiger partial charge in [-0.25, -0.2) is 0 Å². The number of nitrogens with zero attached hydrogens (tertiary/aromatic N) is 2. The molecular formula is C20H16N2. The van der Waals surface area contributed by atoms with Crippen molar-refractivity contribution in [3.8, 4) is 11.3 Å². The lowest BCUT2D eigenvalue weighted by Crippen LogP contribution is -1.91. The zero-order chi connectivity index (χ0) is 15.1. The quantitative estimate of drug-likeness (QED) is 0.456. The van der Waals surface area contributed by atoms with Crippen LogP contribution in [0.1, 0.15) is 11.1 Å². The normalized spacial score (nSPS) is 11.2. The first-order chi connectivity index (χ1) is 10.7. The van der Waals surface area contributed by atoms with Crippen molar-refractivity contribution >= 4 is 21.5 Å². The first-order valence-electron chi connectivity index (χ1n) is 7.43. The minimum absolute atomic E-state index is 1.05. The second-order valence-corrected chi connectivity index (χ2v) is 5.74. The van der Waals surface area contributed by atoms with Crippen molar-refractivity contribution in [3.63, 3.8) is 0 Å². The molecule has 0 atom stereocenters. The van der Waals surface area contributed by atoms with Gasteiger partial charge in [0.15, 0.2) is 0 Å². The Morgan fingerprint density at radius 3 is 2.59 bits per heavy atom. The molecule has 106 valence electrons. The molecule has 4 aromatic rings. The van der Waals surface area contributed by atoms with Crippen molar-refractivity contribution in [3.05, 3.63) is 72.2 Å². The van der Waals surface area contributed by atoms with Crippen LogP contribution in [0, 0.1) is 13.8 Å². The Morgan fingerprint density at radius 2 is 1.68 bits per heavy atom. The van der Waals surface area contributed by atoms with Gasteiger partial charge in [0.2, 0.25) is 0 Å². The average Bonchev–Trinajstić information content (AvgIpc) is 2.56. The first kappa shape index (κ1) is 13.0. The highest BCUT2D eigenvalue weighted by Gasteiger charge is 2.11. The van der Waals surface area contributed by atoms with E-state index in [1.807, 2.05) is 18.6 Å². The maximum atomic E-state index is 4.71. The minimum Gasteiger partial charge on any atom is -0.264 e. The van der Waals surface area contributed by atoms with Gasteiger partial charge in [-0.2, -0.15) is 0 Å². The lowest BCUT2D eigenvalue weighted by atomic mass is 9.95. The molecule has 0 aliphatic rings. The summed E-state index contributed by atoms with van der Waals surface area (Å²) in [6.07, 6.45) is 5.66. The largest absolute Gasteiger partial charge is 0.264 e. The van der Waals surface area contributed by atoms with Gasteiger partial charge in [0.05, 0.1) is 5.69 Å². The Hall–Kier alpha value is -2.74. The van der Waals surface area contributed by atoms with E-state index in [9.17, 15) is 0 Å². The average molecular weight is 284 g/mol. The SMILES string of the molecule is Cc1ccc(C)c(-c2nccc3ccc4cnccc4c23)c1. The third-order valence-corrected chi connectivity index (χ3v) is 4.20. The molecule has 2 nitrogen and oxygen atoms in total. The van der Waals surface area contributed by atoms with Gasteiger partial charge in [-0.3, -0.25) is 9.97 Å². The van der Waals surface area contributed by atoms with E-state index in [1.54, 1.807) is 0 Å². The number of hydrogen-bond acceptors (Lipinski definition) is 2. The number of aryl methyl sites for hydroxylation is 2. The zero-order valence-electron chi connectivity index (χ0n) is 12.7. The van der Waals surface area contributed by atoms with Crippen LogP contribution in [-0.4, -0.2) is 9.97 Å². The van der Waals surface area contributed by atoms with Crippen LogP contribution in [-0.2, 0) is 0 Å². The predicted octanol–water partition coefficient (Wildman–Crippen LogP) is 5.07. The summed E-state index contributed by atoms with van der Waals surface area (Å²) in [5.74, 6) is 0. The lowest BCUT2D eigenvalue weighted by molar-refractivity contribution is 1.32. The van der Waals surface area contributed by atoms with Crippen molar-refractivity contribution in [1.29, 1.82) is 0 Å². The van der Waals surface area contributed by atoms with Crippen LogP contribution in [0.3, 0.4) is 0 Å². The highest BCUT2D eigenvalue weighted by Crippen LogP contribution is 2.34. The van der Waals surface area contributed by atoms with E-state index in [1.165, 1.54) is 32.8 Å². The molecule has 22 heavy (non-hydrogen) atoms. The van der Waals surface area contributed by atoms with Crippen LogP contribution in [0.15, 0.2) is 61.1 Å². The lowest BCUT2D eigenvalue weighted by Gasteiger charge is -2.12. The van der Waals surface area contributed by atoms with E-state index in [0.29, 0.717) is 0 Å². The maximum Gasteiger partial charge on any atom is 0.0789 e. The van der Waals surface area contributed by atoms with E-state index in [0.717, 1.165) is 11.1 Å². The van der Waals surface area contributed by atoms with Crippen LogP contribution in [0.25, 0.3) is 32.8 Å². The summed E-state index contributed by atoms with van der Waals surface area (Å²) < 4.78 is 0. The number of benzene rings is 2. The summed E-state index contributed by atoms with van der Waals surface area (Å²) in [4.78, 5) is 8.94. The predicted molar refractivity (Wildman–Crippen MR) is 92.0 cm³/mol. The molecule has 0 amide bonds. The van der Waals surface area contributed by atoms with E-state index in [2.05, 4.69) is 61.3 Å². The minimum atomic E-state index is 1.05. The van der Waals surface area contributed by atoms with Gasteiger partial charge >= 0.3 is 0 Å². The molecule has 0 unspecified atom stereocenters. The highest BCUT2D eigenvalue weighted by molar-refractivity contribution is 6.13. The summed E-state index contributed by atoms with van der Waals surface area (Å²) in [7, 11) is 0. The number of aromatic nitrogens is 2. The molecular weight excluding hydrogens is 268 g/mol. The fourth-order valence-corrected chi connectivity index (χ4v) is 3.04. The fraction of sp³-hybridized carbons (Fsp3) is 0.100. The molecule has 0 fully saturated rings. The summed E-state index contributed by atoms with van der Waals surface area (Å²) in [6, 6.07) is 15.0. The molecule has 0 aliphatic heterocycles. The van der Waals surface area contributed by atoms with Crippen molar-refractivity contribution < 1.29 is 0 Å². The molecule has 2 aromatic carbocycles. The molecule has 4 rings (SSSR count). The zero-order valence-corrected chi connectivity index (χ0v) is 12.7. The van der Waals surface area contributed by atoms with Crippen LogP contribution in [0.2, 0.25) is 0 Å². The van der Waals surface area contributed by atoms with Crippen LogP contribution >= 0.6 is 0 Å². The second-order valence-electron chi connectivity index (χ2n) is 5.74. The van der Waals surface area contributed by atoms with Gasteiger partial charge < -0.3 is 0 Å². The van der Waals surface area contributed by atoms with Crippen molar-refractivity contribution in [2.45, 2.75) is 13.8 Å². The van der Waals surface area contributed by atoms with Gasteiger partial charge in [-0.05, 0) is 48.4 Å². The monoisotopic (exact) mass is 284 g/mol. The Labute approximate surface area is 129 Å². The van der Waals surface area contributed by atoms with Crippen molar-refractivity contribution in [1.82, 2.24) is 9.97 Å². The van der Waals surface area contributed by atoms with Gasteiger partial charge in [0.1, 0.15) is 0 Å². The third-order valence-electron chi connectivity index (χ3n) is 4.20. The summed E-state index contributed by atoms with van der Waals surface area (Å²) >= 11 is 0. The van der Waals surface area contributed by atoms with E-state index in [-0.39, 0.29) is 0 Å². The second kappa shape index (κ2) is 4.92. The van der Waals surface area contributed by atoms with Crippen LogP contribution in [0.4, 0.5) is 0 Å². The standard InChI is InChI=1S/C20H16N2/c1-13-3-4-14(2)18(11-13)20-19-15(7-10-22-20)5-6-16-12-21-9-8-17(16)19/h3-12H,1-2H3. The Bertz CT molecular complexity index is 1000. The van der Waals surface area contributed by atoms with Crippen molar-refractivity contribution in [2.24, 2.45) is 0 Å². The maximum absolute atomic E-state index is 4.71. The first-order valence-corrected chi connectivity index (χ1v) is 7.43. The summed E-state index contributed by atoms with van der Waals surface area (Å²) in [5.41, 5.74) is 4.75. The van der Waals surface area contributed by atoms with Gasteiger partial charge in [-0.1, -0.05) is 29.8 Å². The molecule has 0 N–H and O–H groups in total. The van der Waals surface area contributed by atoms with E-state index < -0.39 is 0 Å². The Morgan fingerprint density at radius 1 is 0.818 bits per heavy atom. The number of pyridine rings is 2. The number of fused-ring (bicyclic) bond motifs is 3. The highest BCUT2D eigenvalue weighted by atomic mass is 14.7. The summed E-state index contributed by atoms with van der Waals surface area (Å²) in [5, 5.41) is 4.77. The molecule has 0 aliphatic carbocycles. The third kappa shape index (κ3) is 1.96. The Balaban J connectivity index is 2.18. The molecule has 0 saturated carbocycles. The van der Waals surface area contributed by atoms with Crippen LogP contribution in [0.5, 0.6) is 0 Å². The smallest absolute Gasteiger partial charge is 0.0789 e. The molecule has 2 heterocycles. The van der Waals surface area contributed by atoms with Crippen molar-refractivity contribution in [2.75, 3.05) is 0 Å².